The van der Waals surface area contributed by atoms with Crippen LogP contribution in [-0.2, 0) is 20.9 Å². The van der Waals surface area contributed by atoms with Gasteiger partial charge in [-0.25, -0.2) is 4.79 Å². The van der Waals surface area contributed by atoms with E-state index in [2.05, 4.69) is 29.4 Å². The minimum atomic E-state index is -0.717. The lowest BCUT2D eigenvalue weighted by Gasteiger charge is -2.24. The van der Waals surface area contributed by atoms with Crippen LogP contribution in [0.2, 0.25) is 0 Å². The van der Waals surface area contributed by atoms with Gasteiger partial charge in [-0.05, 0) is 49.4 Å². The van der Waals surface area contributed by atoms with Crippen LogP contribution in [-0.4, -0.2) is 51.1 Å². The highest BCUT2D eigenvalue weighted by Gasteiger charge is 2.36. The molecule has 3 rings (SSSR count). The summed E-state index contributed by atoms with van der Waals surface area (Å²) in [6.45, 7) is 7.19. The van der Waals surface area contributed by atoms with E-state index in [4.69, 9.17) is 4.74 Å². The number of carbonyl (C=O) groups excluding carboxylic acids is 3. The number of aromatic nitrogens is 3. The molecule has 1 aliphatic heterocycles. The summed E-state index contributed by atoms with van der Waals surface area (Å²) in [5.74, 6) is -0.665. The maximum Gasteiger partial charge on any atom is 0.337 e. The Morgan fingerprint density at radius 2 is 2.07 bits per heavy atom. The Hall–Kier alpha value is -3.23. The zero-order chi connectivity index (χ0) is 21.8. The van der Waals surface area contributed by atoms with Gasteiger partial charge in [-0.3, -0.25) is 9.59 Å². The molecule has 1 saturated heterocycles. The Kier molecular flexibility index (Phi) is 6.49. The summed E-state index contributed by atoms with van der Waals surface area (Å²) in [6, 6.07) is 4.48. The fraction of sp³-hybridized carbons (Fsp3) is 0.476. The van der Waals surface area contributed by atoms with Crippen LogP contribution in [0.1, 0.15) is 54.5 Å². The van der Waals surface area contributed by atoms with Crippen molar-refractivity contribution in [2.45, 2.75) is 46.2 Å². The highest BCUT2D eigenvalue weighted by Crippen LogP contribution is 2.31. The Labute approximate surface area is 175 Å². The number of anilines is 1. The Morgan fingerprint density at radius 1 is 1.30 bits per heavy atom. The van der Waals surface area contributed by atoms with Gasteiger partial charge in [0, 0.05) is 18.8 Å². The van der Waals surface area contributed by atoms with Crippen molar-refractivity contribution < 1.29 is 19.1 Å². The number of hydrogen-bond acceptors (Lipinski definition) is 6. The number of amides is 2. The normalized spacial score (nSPS) is 16.0. The van der Waals surface area contributed by atoms with E-state index >= 15 is 0 Å². The number of carbonyl (C=O) groups is 3. The fourth-order valence-corrected chi connectivity index (χ4v) is 3.69. The first-order chi connectivity index (χ1) is 14.3. The van der Waals surface area contributed by atoms with E-state index < -0.39 is 17.8 Å². The SMILES string of the molecule is COC(=O)c1ccc(NC(=O)C(=O)N2CCC[C@H]2c2nncn2CC(C)C)c(C)c1. The van der Waals surface area contributed by atoms with E-state index in [1.54, 1.807) is 36.4 Å². The third kappa shape index (κ3) is 4.50. The number of rotatable bonds is 5. The molecule has 2 amide bonds. The molecule has 0 radical (unpaired) electrons. The van der Waals surface area contributed by atoms with Gasteiger partial charge in [0.25, 0.3) is 0 Å². The van der Waals surface area contributed by atoms with Gasteiger partial charge >= 0.3 is 17.8 Å². The van der Waals surface area contributed by atoms with Crippen LogP contribution >= 0.6 is 0 Å². The lowest BCUT2D eigenvalue weighted by molar-refractivity contribution is -0.143. The van der Waals surface area contributed by atoms with Crippen molar-refractivity contribution in [2.75, 3.05) is 19.0 Å². The second-order valence-corrected chi connectivity index (χ2v) is 7.87. The number of esters is 1. The van der Waals surface area contributed by atoms with Crippen molar-refractivity contribution in [3.8, 4) is 0 Å². The number of aryl methyl sites for hydroxylation is 1. The molecule has 9 nitrogen and oxygen atoms in total. The number of ether oxygens (including phenoxy) is 1. The summed E-state index contributed by atoms with van der Waals surface area (Å²) in [6.07, 6.45) is 3.20. The largest absolute Gasteiger partial charge is 0.465 e. The van der Waals surface area contributed by atoms with Crippen LogP contribution < -0.4 is 5.32 Å². The van der Waals surface area contributed by atoms with Crippen molar-refractivity contribution >= 4 is 23.5 Å². The molecule has 0 bridgehead atoms. The topological polar surface area (TPSA) is 106 Å². The number of nitrogens with zero attached hydrogens (tertiary/aromatic N) is 4. The van der Waals surface area contributed by atoms with Crippen LogP contribution in [0.3, 0.4) is 0 Å². The molecule has 1 aliphatic rings. The van der Waals surface area contributed by atoms with Crippen LogP contribution in [0.5, 0.6) is 0 Å². The molecule has 1 N–H and O–H groups in total. The predicted molar refractivity (Wildman–Crippen MR) is 110 cm³/mol. The van der Waals surface area contributed by atoms with Crippen molar-refractivity contribution in [1.82, 2.24) is 19.7 Å². The van der Waals surface area contributed by atoms with Gasteiger partial charge in [-0.15, -0.1) is 10.2 Å². The van der Waals surface area contributed by atoms with Crippen LogP contribution in [0, 0.1) is 12.8 Å². The molecule has 2 aromatic rings. The Morgan fingerprint density at radius 3 is 2.73 bits per heavy atom. The molecule has 1 aromatic heterocycles. The van der Waals surface area contributed by atoms with Gasteiger partial charge < -0.3 is 19.5 Å². The number of benzene rings is 1. The molecule has 2 heterocycles. The molecule has 160 valence electrons. The van der Waals surface area contributed by atoms with E-state index in [0.29, 0.717) is 35.1 Å². The lowest BCUT2D eigenvalue weighted by Crippen LogP contribution is -2.40. The average Bonchev–Trinajstić information content (AvgIpc) is 3.36. The van der Waals surface area contributed by atoms with Crippen molar-refractivity contribution in [3.05, 3.63) is 41.5 Å². The van der Waals surface area contributed by atoms with Gasteiger partial charge in [0.15, 0.2) is 5.82 Å². The third-order valence-corrected chi connectivity index (χ3v) is 5.11. The lowest BCUT2D eigenvalue weighted by atomic mass is 10.1. The molecular formula is C21H27N5O4. The smallest absolute Gasteiger partial charge is 0.337 e. The molecule has 0 spiro atoms. The molecular weight excluding hydrogens is 386 g/mol. The number of methoxy groups -OCH3 is 1. The molecule has 9 heteroatoms. The molecule has 0 saturated carbocycles. The zero-order valence-corrected chi connectivity index (χ0v) is 17.7. The van der Waals surface area contributed by atoms with E-state index in [-0.39, 0.29) is 6.04 Å². The summed E-state index contributed by atoms with van der Waals surface area (Å²) in [4.78, 5) is 38.8. The third-order valence-electron chi connectivity index (χ3n) is 5.11. The van der Waals surface area contributed by atoms with Gasteiger partial charge in [0.05, 0.1) is 18.7 Å². The van der Waals surface area contributed by atoms with E-state index in [1.165, 1.54) is 7.11 Å². The monoisotopic (exact) mass is 413 g/mol. The first-order valence-electron chi connectivity index (χ1n) is 10.0. The fourth-order valence-electron chi connectivity index (χ4n) is 3.69. The van der Waals surface area contributed by atoms with E-state index in [0.717, 1.165) is 19.4 Å². The van der Waals surface area contributed by atoms with Crippen molar-refractivity contribution in [2.24, 2.45) is 5.92 Å². The minimum Gasteiger partial charge on any atom is -0.465 e. The first-order valence-corrected chi connectivity index (χ1v) is 10.0. The second kappa shape index (κ2) is 9.06. The number of likely N-dealkylation sites (tertiary alicyclic amines) is 1. The Bertz CT molecular complexity index is 953. The van der Waals surface area contributed by atoms with Crippen molar-refractivity contribution in [3.63, 3.8) is 0 Å². The minimum absolute atomic E-state index is 0.271. The molecule has 0 aliphatic carbocycles. The summed E-state index contributed by atoms with van der Waals surface area (Å²) < 4.78 is 6.65. The molecule has 30 heavy (non-hydrogen) atoms. The van der Waals surface area contributed by atoms with Gasteiger partial charge in [0.2, 0.25) is 0 Å². The standard InChI is InChI=1S/C21H27N5O4/c1-13(2)11-25-12-22-24-18(25)17-6-5-9-26(17)20(28)19(27)23-16-8-7-15(10-14(16)3)21(29)30-4/h7-8,10,12-13,17H,5-6,9,11H2,1-4H3,(H,23,27)/t17-/m0/s1. The second-order valence-electron chi connectivity index (χ2n) is 7.87. The maximum absolute atomic E-state index is 12.9. The molecule has 0 unspecified atom stereocenters. The molecule has 1 atom stereocenters. The van der Waals surface area contributed by atoms with E-state index in [9.17, 15) is 14.4 Å². The quantitative estimate of drug-likeness (QED) is 0.596. The average molecular weight is 413 g/mol. The zero-order valence-electron chi connectivity index (χ0n) is 17.7. The summed E-state index contributed by atoms with van der Waals surface area (Å²) in [7, 11) is 1.31. The van der Waals surface area contributed by atoms with Gasteiger partial charge in [-0.1, -0.05) is 13.8 Å². The first kappa shape index (κ1) is 21.5. The molecule has 1 fully saturated rings. The highest BCUT2D eigenvalue weighted by molar-refractivity contribution is 6.39. The molecule has 1 aromatic carbocycles. The van der Waals surface area contributed by atoms with Crippen LogP contribution in [0.15, 0.2) is 24.5 Å². The Balaban J connectivity index is 1.74. The highest BCUT2D eigenvalue weighted by atomic mass is 16.5. The summed E-state index contributed by atoms with van der Waals surface area (Å²) in [5, 5.41) is 10.9. The number of hydrogen-bond donors (Lipinski definition) is 1. The van der Waals surface area contributed by atoms with Gasteiger partial charge in [-0.2, -0.15) is 0 Å². The summed E-state index contributed by atoms with van der Waals surface area (Å²) in [5.41, 5.74) is 1.51. The van der Waals surface area contributed by atoms with Crippen molar-refractivity contribution in [1.29, 1.82) is 0 Å². The van der Waals surface area contributed by atoms with Gasteiger partial charge in [0.1, 0.15) is 6.33 Å². The number of nitrogens with one attached hydrogen (secondary N) is 1. The summed E-state index contributed by atoms with van der Waals surface area (Å²) >= 11 is 0. The van der Waals surface area contributed by atoms with Crippen LogP contribution in [0.4, 0.5) is 5.69 Å². The predicted octanol–water partition coefficient (Wildman–Crippen LogP) is 2.33. The van der Waals surface area contributed by atoms with E-state index in [1.807, 2.05) is 4.57 Å². The maximum atomic E-state index is 12.9. The van der Waals surface area contributed by atoms with Crippen LogP contribution in [0.25, 0.3) is 0 Å².